The Labute approximate surface area is 126 Å². The van der Waals surface area contributed by atoms with Crippen molar-refractivity contribution in [1.29, 1.82) is 0 Å². The molecule has 4 nitrogen and oxygen atoms in total. The summed E-state index contributed by atoms with van der Waals surface area (Å²) in [4.78, 5) is 14.1. The number of carbonyl (C=O) groups excluding carboxylic acids is 1. The second-order valence-corrected chi connectivity index (χ2v) is 4.90. The van der Waals surface area contributed by atoms with Gasteiger partial charge in [-0.3, -0.25) is 4.79 Å². The number of benzene rings is 1. The summed E-state index contributed by atoms with van der Waals surface area (Å²) in [6.45, 7) is 7.45. The van der Waals surface area contributed by atoms with Crippen LogP contribution in [0.4, 0.5) is 0 Å². The Morgan fingerprint density at radius 1 is 1.30 bits per heavy atom. The van der Waals surface area contributed by atoms with Gasteiger partial charge in [0.2, 0.25) is 0 Å². The summed E-state index contributed by atoms with van der Waals surface area (Å²) >= 11 is 0. The Balaban J connectivity index is 0.00000200. The maximum absolute atomic E-state index is 12.2. The number of ether oxygens (including phenoxy) is 1. The normalized spacial score (nSPS) is 16.2. The average Bonchev–Trinajstić information content (AvgIpc) is 2.48. The van der Waals surface area contributed by atoms with Crippen LogP contribution in [0.2, 0.25) is 0 Å². The van der Waals surface area contributed by atoms with E-state index in [4.69, 9.17) is 4.74 Å². The molecule has 1 N–H and O–H groups in total. The van der Waals surface area contributed by atoms with Crippen LogP contribution in [0.5, 0.6) is 5.75 Å². The molecular weight excluding hydrogens is 276 g/mol. The second-order valence-electron chi connectivity index (χ2n) is 4.90. The summed E-state index contributed by atoms with van der Waals surface area (Å²) in [5.74, 6) is 0.933. The van der Waals surface area contributed by atoms with Crippen molar-refractivity contribution in [3.05, 3.63) is 29.8 Å². The van der Waals surface area contributed by atoms with Crippen LogP contribution < -0.4 is 10.1 Å². The zero-order chi connectivity index (χ0) is 13.7. The predicted molar refractivity (Wildman–Crippen MR) is 82.8 cm³/mol. The third-order valence-electron chi connectivity index (χ3n) is 3.42. The summed E-state index contributed by atoms with van der Waals surface area (Å²) < 4.78 is 5.71. The number of hydrogen-bond donors (Lipinski definition) is 1. The first-order valence-electron chi connectivity index (χ1n) is 6.97. The molecule has 1 aromatic rings. The maximum atomic E-state index is 12.2. The van der Waals surface area contributed by atoms with Crippen molar-refractivity contribution in [2.75, 3.05) is 26.2 Å². The minimum atomic E-state index is 0. The first-order valence-corrected chi connectivity index (χ1v) is 6.97. The molecule has 20 heavy (non-hydrogen) atoms. The van der Waals surface area contributed by atoms with E-state index in [0.717, 1.165) is 43.9 Å². The molecule has 1 atom stereocenters. The molecule has 0 saturated carbocycles. The van der Waals surface area contributed by atoms with Gasteiger partial charge < -0.3 is 15.0 Å². The van der Waals surface area contributed by atoms with Gasteiger partial charge in [-0.25, -0.2) is 0 Å². The highest BCUT2D eigenvalue weighted by molar-refractivity contribution is 5.94. The van der Waals surface area contributed by atoms with Crippen molar-refractivity contribution in [2.45, 2.75) is 26.4 Å². The van der Waals surface area contributed by atoms with Crippen molar-refractivity contribution in [3.8, 4) is 5.75 Å². The molecule has 1 saturated heterocycles. The molecule has 1 fully saturated rings. The number of hydrogen-bond acceptors (Lipinski definition) is 3. The summed E-state index contributed by atoms with van der Waals surface area (Å²) in [5.41, 5.74) is 0.735. The van der Waals surface area contributed by atoms with Crippen LogP contribution in [-0.2, 0) is 0 Å². The van der Waals surface area contributed by atoms with E-state index in [1.165, 1.54) is 0 Å². The molecule has 5 heteroatoms. The van der Waals surface area contributed by atoms with Gasteiger partial charge in [-0.05, 0) is 37.6 Å². The van der Waals surface area contributed by atoms with E-state index in [9.17, 15) is 4.79 Å². The smallest absolute Gasteiger partial charge is 0.253 e. The highest BCUT2D eigenvalue weighted by Gasteiger charge is 2.17. The summed E-state index contributed by atoms with van der Waals surface area (Å²) in [6.07, 6.45) is 1.18. The van der Waals surface area contributed by atoms with E-state index in [1.807, 2.05) is 36.1 Å². The van der Waals surface area contributed by atoms with Crippen molar-refractivity contribution in [1.82, 2.24) is 10.2 Å². The lowest BCUT2D eigenvalue weighted by Gasteiger charge is -2.27. The lowest BCUT2D eigenvalue weighted by atomic mass is 10.1. The van der Waals surface area contributed by atoms with Crippen LogP contribution in [0.25, 0.3) is 0 Å². The highest BCUT2D eigenvalue weighted by Crippen LogP contribution is 2.16. The van der Waals surface area contributed by atoms with E-state index < -0.39 is 0 Å². The largest absolute Gasteiger partial charge is 0.491 e. The first-order chi connectivity index (χ1) is 9.20. The number of amides is 1. The van der Waals surface area contributed by atoms with Crippen LogP contribution >= 0.6 is 12.4 Å². The van der Waals surface area contributed by atoms with Crippen molar-refractivity contribution in [2.24, 2.45) is 0 Å². The average molecular weight is 299 g/mol. The van der Waals surface area contributed by atoms with Gasteiger partial charge in [0.15, 0.2) is 0 Å². The summed E-state index contributed by atoms with van der Waals surface area (Å²) in [7, 11) is 0. The fourth-order valence-electron chi connectivity index (χ4n) is 2.04. The van der Waals surface area contributed by atoms with Crippen LogP contribution in [0.1, 0.15) is 30.6 Å². The second kappa shape index (κ2) is 8.12. The lowest BCUT2D eigenvalue weighted by molar-refractivity contribution is 0.0736. The van der Waals surface area contributed by atoms with E-state index in [-0.39, 0.29) is 24.4 Å². The van der Waals surface area contributed by atoms with Gasteiger partial charge in [0.25, 0.3) is 5.91 Å². The first kappa shape index (κ1) is 16.8. The number of piperazine rings is 1. The van der Waals surface area contributed by atoms with E-state index >= 15 is 0 Å². The number of carbonyl (C=O) groups is 1. The van der Waals surface area contributed by atoms with Crippen LogP contribution in [0.3, 0.4) is 0 Å². The lowest BCUT2D eigenvalue weighted by Crippen LogP contribution is -2.46. The molecule has 2 rings (SSSR count). The minimum absolute atomic E-state index is 0. The molecule has 0 bridgehead atoms. The highest BCUT2D eigenvalue weighted by atomic mass is 35.5. The molecule has 1 aliphatic heterocycles. The molecule has 1 unspecified atom stereocenters. The van der Waals surface area contributed by atoms with E-state index in [2.05, 4.69) is 12.2 Å². The SMILES string of the molecule is CCC(C)Oc1ccc(C(=O)N2CCNCC2)cc1.Cl. The zero-order valence-electron chi connectivity index (χ0n) is 12.1. The van der Waals surface area contributed by atoms with Gasteiger partial charge in [-0.15, -0.1) is 12.4 Å². The molecule has 1 aliphatic rings. The van der Waals surface area contributed by atoms with Crippen LogP contribution in [0, 0.1) is 0 Å². The van der Waals surface area contributed by atoms with Gasteiger partial charge in [-0.2, -0.15) is 0 Å². The third kappa shape index (κ3) is 4.39. The topological polar surface area (TPSA) is 41.6 Å². The van der Waals surface area contributed by atoms with E-state index in [1.54, 1.807) is 0 Å². The van der Waals surface area contributed by atoms with E-state index in [0.29, 0.717) is 0 Å². The number of nitrogens with zero attached hydrogens (tertiary/aromatic N) is 1. The summed E-state index contributed by atoms with van der Waals surface area (Å²) in [6, 6.07) is 7.45. The standard InChI is InChI=1S/C15H22N2O2.ClH/c1-3-12(2)19-14-6-4-13(5-7-14)15(18)17-10-8-16-9-11-17;/h4-7,12,16H,3,8-11H2,1-2H3;1H. The fraction of sp³-hybridized carbons (Fsp3) is 0.533. The Bertz CT molecular complexity index is 416. The molecule has 112 valence electrons. The van der Waals surface area contributed by atoms with Gasteiger partial charge in [0.1, 0.15) is 5.75 Å². The molecule has 1 aromatic carbocycles. The number of rotatable bonds is 4. The molecule has 0 spiro atoms. The van der Waals surface area contributed by atoms with Crippen molar-refractivity contribution >= 4 is 18.3 Å². The molecule has 0 radical (unpaired) electrons. The molecule has 1 heterocycles. The number of nitrogens with one attached hydrogen (secondary N) is 1. The fourth-order valence-corrected chi connectivity index (χ4v) is 2.04. The predicted octanol–water partition coefficient (Wildman–Crippen LogP) is 2.33. The van der Waals surface area contributed by atoms with Crippen LogP contribution in [-0.4, -0.2) is 43.1 Å². The monoisotopic (exact) mass is 298 g/mol. The Kier molecular flexibility index (Phi) is 6.82. The Morgan fingerprint density at radius 2 is 1.90 bits per heavy atom. The van der Waals surface area contributed by atoms with Gasteiger partial charge >= 0.3 is 0 Å². The Hall–Kier alpha value is -1.26. The third-order valence-corrected chi connectivity index (χ3v) is 3.42. The van der Waals surface area contributed by atoms with Gasteiger partial charge in [-0.1, -0.05) is 6.92 Å². The quantitative estimate of drug-likeness (QED) is 0.927. The molecular formula is C15H23ClN2O2. The molecule has 0 aliphatic carbocycles. The van der Waals surface area contributed by atoms with Gasteiger partial charge in [0, 0.05) is 31.7 Å². The minimum Gasteiger partial charge on any atom is -0.491 e. The summed E-state index contributed by atoms with van der Waals surface area (Å²) in [5, 5.41) is 3.24. The van der Waals surface area contributed by atoms with Crippen molar-refractivity contribution in [3.63, 3.8) is 0 Å². The molecule has 1 amide bonds. The zero-order valence-corrected chi connectivity index (χ0v) is 12.9. The maximum Gasteiger partial charge on any atom is 0.253 e. The Morgan fingerprint density at radius 3 is 2.45 bits per heavy atom. The van der Waals surface area contributed by atoms with Gasteiger partial charge in [0.05, 0.1) is 6.10 Å². The van der Waals surface area contributed by atoms with Crippen molar-refractivity contribution < 1.29 is 9.53 Å². The number of halogens is 1. The molecule has 0 aromatic heterocycles. The van der Waals surface area contributed by atoms with Crippen LogP contribution in [0.15, 0.2) is 24.3 Å².